The fraction of sp³-hybridized carbons (Fsp3) is 0.421. The molecule has 0 saturated carbocycles. The summed E-state index contributed by atoms with van der Waals surface area (Å²) in [6.45, 7) is 4.66. The number of nitrogen functional groups attached to an aromatic ring is 1. The predicted molar refractivity (Wildman–Crippen MR) is 106 cm³/mol. The molecule has 0 saturated heterocycles. The quantitative estimate of drug-likeness (QED) is 0.476. The van der Waals surface area contributed by atoms with Gasteiger partial charge in [-0.05, 0) is 38.7 Å². The van der Waals surface area contributed by atoms with Crippen LogP contribution in [0.2, 0.25) is 5.15 Å². The number of ether oxygens (including phenoxy) is 1. The van der Waals surface area contributed by atoms with E-state index in [1.165, 1.54) is 0 Å². The highest BCUT2D eigenvalue weighted by Crippen LogP contribution is 2.30. The Kier molecular flexibility index (Phi) is 5.82. The van der Waals surface area contributed by atoms with E-state index < -0.39 is 0 Å². The van der Waals surface area contributed by atoms with Crippen LogP contribution in [-0.2, 0) is 13.0 Å². The zero-order chi connectivity index (χ0) is 19.6. The molecule has 0 aliphatic carbocycles. The van der Waals surface area contributed by atoms with Crippen LogP contribution in [0.15, 0.2) is 12.4 Å². The molecule has 3 rings (SSSR count). The summed E-state index contributed by atoms with van der Waals surface area (Å²) < 4.78 is 7.51. The Morgan fingerprint density at radius 2 is 2.04 bits per heavy atom. The third-order valence-electron chi connectivity index (χ3n) is 4.69. The SMILES string of the molecule is COc1c(C)cnc(Cn2cc(CCCCO)c3c(Cl)nc(N)nc32)c1C. The van der Waals surface area contributed by atoms with Gasteiger partial charge in [-0.25, -0.2) is 4.98 Å². The van der Waals surface area contributed by atoms with Crippen LogP contribution >= 0.6 is 11.6 Å². The summed E-state index contributed by atoms with van der Waals surface area (Å²) in [6, 6.07) is 0. The largest absolute Gasteiger partial charge is 0.496 e. The minimum Gasteiger partial charge on any atom is -0.496 e. The maximum absolute atomic E-state index is 9.06. The number of hydrogen-bond donors (Lipinski definition) is 2. The van der Waals surface area contributed by atoms with Crippen molar-refractivity contribution in [3.63, 3.8) is 0 Å². The summed E-state index contributed by atoms with van der Waals surface area (Å²) in [4.78, 5) is 13.1. The van der Waals surface area contributed by atoms with Crippen LogP contribution in [-0.4, -0.2) is 38.3 Å². The Bertz CT molecular complexity index is 971. The fourth-order valence-electron chi connectivity index (χ4n) is 3.37. The lowest BCUT2D eigenvalue weighted by atomic mass is 10.1. The molecule has 0 aromatic carbocycles. The van der Waals surface area contributed by atoms with E-state index in [4.69, 9.17) is 27.2 Å². The Morgan fingerprint density at radius 1 is 1.26 bits per heavy atom. The molecule has 8 heteroatoms. The number of pyridine rings is 1. The number of aliphatic hydroxyl groups is 1. The molecule has 0 amide bonds. The van der Waals surface area contributed by atoms with Gasteiger partial charge >= 0.3 is 0 Å². The maximum Gasteiger partial charge on any atom is 0.223 e. The average molecular weight is 390 g/mol. The highest BCUT2D eigenvalue weighted by Gasteiger charge is 2.17. The van der Waals surface area contributed by atoms with Gasteiger partial charge in [0, 0.05) is 30.1 Å². The summed E-state index contributed by atoms with van der Waals surface area (Å²) >= 11 is 6.37. The van der Waals surface area contributed by atoms with Crippen molar-refractivity contribution in [1.82, 2.24) is 19.5 Å². The zero-order valence-corrected chi connectivity index (χ0v) is 16.5. The molecule has 27 heavy (non-hydrogen) atoms. The van der Waals surface area contributed by atoms with E-state index in [-0.39, 0.29) is 12.6 Å². The van der Waals surface area contributed by atoms with E-state index in [0.29, 0.717) is 17.3 Å². The van der Waals surface area contributed by atoms with Crippen LogP contribution in [0.25, 0.3) is 11.0 Å². The highest BCUT2D eigenvalue weighted by molar-refractivity contribution is 6.34. The van der Waals surface area contributed by atoms with Crippen LogP contribution in [0.3, 0.4) is 0 Å². The van der Waals surface area contributed by atoms with Gasteiger partial charge in [0.1, 0.15) is 16.5 Å². The summed E-state index contributed by atoms with van der Waals surface area (Å²) in [5.41, 5.74) is 10.4. The number of rotatable bonds is 7. The first-order valence-corrected chi connectivity index (χ1v) is 9.24. The molecule has 3 aromatic heterocycles. The van der Waals surface area contributed by atoms with E-state index in [1.54, 1.807) is 7.11 Å². The third kappa shape index (κ3) is 3.84. The van der Waals surface area contributed by atoms with Gasteiger partial charge in [-0.2, -0.15) is 4.98 Å². The second-order valence-electron chi connectivity index (χ2n) is 6.58. The Balaban J connectivity index is 2.07. The number of hydrogen-bond acceptors (Lipinski definition) is 6. The molecule has 0 unspecified atom stereocenters. The number of aryl methyl sites for hydroxylation is 2. The number of methoxy groups -OCH3 is 1. The number of aromatic nitrogens is 4. The zero-order valence-electron chi connectivity index (χ0n) is 15.8. The number of unbranched alkanes of at least 4 members (excludes halogenated alkanes) is 1. The molecule has 0 radical (unpaired) electrons. The van der Waals surface area contributed by atoms with Crippen LogP contribution in [0.4, 0.5) is 5.95 Å². The lowest BCUT2D eigenvalue weighted by Crippen LogP contribution is -2.07. The standard InChI is InChI=1S/C19H24ClN5O2/c1-11-8-22-14(12(2)16(11)27-3)10-25-9-13(6-4-5-7-26)15-17(20)23-19(21)24-18(15)25/h8-9,26H,4-7,10H2,1-3H3,(H2,21,23,24). The van der Waals surface area contributed by atoms with E-state index >= 15 is 0 Å². The molecule has 3 N–H and O–H groups in total. The van der Waals surface area contributed by atoms with Crippen molar-refractivity contribution in [1.29, 1.82) is 0 Å². The molecule has 0 aliphatic rings. The number of anilines is 1. The number of nitrogens with two attached hydrogens (primary N) is 1. The van der Waals surface area contributed by atoms with Crippen LogP contribution in [0.5, 0.6) is 5.75 Å². The lowest BCUT2D eigenvalue weighted by molar-refractivity contribution is 0.284. The first-order valence-electron chi connectivity index (χ1n) is 8.86. The van der Waals surface area contributed by atoms with E-state index in [9.17, 15) is 0 Å². The van der Waals surface area contributed by atoms with Crippen molar-refractivity contribution in [3.05, 3.63) is 39.9 Å². The first-order chi connectivity index (χ1) is 13.0. The molecule has 0 fully saturated rings. The third-order valence-corrected chi connectivity index (χ3v) is 4.97. The molecule has 0 spiro atoms. The molecule has 7 nitrogen and oxygen atoms in total. The minimum absolute atomic E-state index is 0.139. The van der Waals surface area contributed by atoms with Gasteiger partial charge in [0.05, 0.1) is 24.7 Å². The van der Waals surface area contributed by atoms with E-state index in [1.807, 2.05) is 30.8 Å². The lowest BCUT2D eigenvalue weighted by Gasteiger charge is -2.13. The first kappa shape index (κ1) is 19.4. The normalized spacial score (nSPS) is 11.3. The van der Waals surface area contributed by atoms with Crippen molar-refractivity contribution in [2.24, 2.45) is 0 Å². The Hall–Kier alpha value is -2.38. The summed E-state index contributed by atoms with van der Waals surface area (Å²) in [5.74, 6) is 0.978. The number of halogens is 1. The van der Waals surface area contributed by atoms with Crippen molar-refractivity contribution < 1.29 is 9.84 Å². The molecule has 3 aromatic rings. The van der Waals surface area contributed by atoms with Gasteiger partial charge < -0.3 is 20.1 Å². The molecular formula is C19H24ClN5O2. The van der Waals surface area contributed by atoms with E-state index in [2.05, 4.69) is 15.0 Å². The monoisotopic (exact) mass is 389 g/mol. The average Bonchev–Trinajstić information content (AvgIpc) is 2.96. The Labute approximate surface area is 163 Å². The van der Waals surface area contributed by atoms with Crippen molar-refractivity contribution >= 4 is 28.6 Å². The number of nitrogens with zero attached hydrogens (tertiary/aromatic N) is 4. The van der Waals surface area contributed by atoms with Gasteiger partial charge in [-0.15, -0.1) is 0 Å². The second kappa shape index (κ2) is 8.10. The number of fused-ring (bicyclic) bond motifs is 1. The van der Waals surface area contributed by atoms with Crippen LogP contribution < -0.4 is 10.5 Å². The topological polar surface area (TPSA) is 99.1 Å². The molecule has 144 valence electrons. The molecule has 0 bridgehead atoms. The van der Waals surface area contributed by atoms with Gasteiger partial charge in [-0.3, -0.25) is 4.98 Å². The van der Waals surface area contributed by atoms with Crippen molar-refractivity contribution in [3.8, 4) is 5.75 Å². The van der Waals surface area contributed by atoms with Gasteiger partial charge in [-0.1, -0.05) is 11.6 Å². The minimum atomic E-state index is 0.139. The highest BCUT2D eigenvalue weighted by atomic mass is 35.5. The number of aliphatic hydroxyl groups excluding tert-OH is 1. The van der Waals surface area contributed by atoms with Crippen molar-refractivity contribution in [2.75, 3.05) is 19.5 Å². The second-order valence-corrected chi connectivity index (χ2v) is 6.94. The van der Waals surface area contributed by atoms with Gasteiger partial charge in [0.15, 0.2) is 0 Å². The molecule has 3 heterocycles. The fourth-order valence-corrected chi connectivity index (χ4v) is 3.66. The summed E-state index contributed by atoms with van der Waals surface area (Å²) in [6.07, 6.45) is 6.20. The summed E-state index contributed by atoms with van der Waals surface area (Å²) in [7, 11) is 1.66. The van der Waals surface area contributed by atoms with E-state index in [0.717, 1.165) is 52.8 Å². The van der Waals surface area contributed by atoms with Crippen molar-refractivity contribution in [2.45, 2.75) is 39.7 Å². The Morgan fingerprint density at radius 3 is 2.74 bits per heavy atom. The van der Waals surface area contributed by atoms with Gasteiger partial charge in [0.25, 0.3) is 0 Å². The molecular weight excluding hydrogens is 366 g/mol. The maximum atomic E-state index is 9.06. The van der Waals surface area contributed by atoms with Crippen LogP contribution in [0, 0.1) is 13.8 Å². The molecule has 0 atom stereocenters. The van der Waals surface area contributed by atoms with Gasteiger partial charge in [0.2, 0.25) is 5.95 Å². The smallest absolute Gasteiger partial charge is 0.223 e. The predicted octanol–water partition coefficient (Wildman–Crippen LogP) is 3.05. The molecule has 0 aliphatic heterocycles. The summed E-state index contributed by atoms with van der Waals surface area (Å²) in [5, 5.41) is 10.2. The van der Waals surface area contributed by atoms with Crippen LogP contribution in [0.1, 0.15) is 35.2 Å².